The molecule has 0 saturated heterocycles. The van der Waals surface area contributed by atoms with Crippen LogP contribution in [-0.4, -0.2) is 11.6 Å². The Morgan fingerprint density at radius 3 is 2.36 bits per heavy atom. The van der Waals surface area contributed by atoms with E-state index in [4.69, 9.17) is 0 Å². The fourth-order valence-corrected chi connectivity index (χ4v) is 6.11. The van der Waals surface area contributed by atoms with E-state index in [1.54, 1.807) is 12.1 Å². The summed E-state index contributed by atoms with van der Waals surface area (Å²) >= 11 is 0. The normalized spacial score (nSPS) is 22.4. The molecule has 0 fully saturated rings. The molecule has 3 aliphatic rings. The molecule has 1 heterocycles. The van der Waals surface area contributed by atoms with Gasteiger partial charge in [0.25, 0.3) is 0 Å². The number of carbonyl (C=O) groups excluding carboxylic acids is 2. The Balaban J connectivity index is 1.43. The van der Waals surface area contributed by atoms with Crippen LogP contribution in [0.3, 0.4) is 0 Å². The minimum absolute atomic E-state index is 0.0403. The summed E-state index contributed by atoms with van der Waals surface area (Å²) in [6.45, 7) is 0. The second-order valence-electron chi connectivity index (χ2n) is 9.20. The number of hydrogen-bond donors (Lipinski definition) is 1. The molecule has 0 radical (unpaired) electrons. The number of nitrogens with one attached hydrogen (secondary N) is 1. The zero-order valence-corrected chi connectivity index (χ0v) is 17.9. The molecule has 2 aliphatic carbocycles. The highest BCUT2D eigenvalue weighted by atomic mass is 16.1. The van der Waals surface area contributed by atoms with Crippen molar-refractivity contribution in [1.82, 2.24) is 0 Å². The molecular weight excluding hydrogens is 406 g/mol. The first-order chi connectivity index (χ1) is 16.2. The molecule has 0 unspecified atom stereocenters. The van der Waals surface area contributed by atoms with Crippen LogP contribution in [0.2, 0.25) is 0 Å². The molecule has 3 heteroatoms. The van der Waals surface area contributed by atoms with Gasteiger partial charge in [-0.15, -0.1) is 0 Å². The molecular formula is C30H21NO2. The van der Waals surface area contributed by atoms with Crippen LogP contribution in [0.1, 0.15) is 61.4 Å². The van der Waals surface area contributed by atoms with Crippen molar-refractivity contribution in [2.75, 3.05) is 5.32 Å². The van der Waals surface area contributed by atoms with Gasteiger partial charge in [0.05, 0.1) is 6.04 Å². The topological polar surface area (TPSA) is 46.2 Å². The van der Waals surface area contributed by atoms with E-state index in [1.807, 2.05) is 24.3 Å². The van der Waals surface area contributed by atoms with Gasteiger partial charge in [0.15, 0.2) is 11.6 Å². The van der Waals surface area contributed by atoms with Crippen LogP contribution in [0.15, 0.2) is 91.0 Å². The second-order valence-corrected chi connectivity index (χ2v) is 9.20. The number of carbonyl (C=O) groups is 2. The number of rotatable bonds is 1. The van der Waals surface area contributed by atoms with E-state index in [1.165, 1.54) is 16.3 Å². The summed E-state index contributed by atoms with van der Waals surface area (Å²) in [6.07, 6.45) is 5.40. The van der Waals surface area contributed by atoms with Crippen molar-refractivity contribution in [3.63, 3.8) is 0 Å². The third kappa shape index (κ3) is 2.51. The SMILES string of the molecule is O=C1c2ccccc2C(=O)c2c1ccc1c2[C@@H]2C=CC[C@@H]2[C@H](c2cccc3ccccc23)N1. The van der Waals surface area contributed by atoms with Gasteiger partial charge in [0.1, 0.15) is 0 Å². The predicted octanol–water partition coefficient (Wildman–Crippen LogP) is 6.44. The molecule has 1 aliphatic heterocycles. The van der Waals surface area contributed by atoms with Crippen LogP contribution in [0, 0.1) is 5.92 Å². The third-order valence-electron chi connectivity index (χ3n) is 7.58. The minimum Gasteiger partial charge on any atom is -0.378 e. The second kappa shape index (κ2) is 6.76. The van der Waals surface area contributed by atoms with E-state index in [2.05, 4.69) is 59.9 Å². The van der Waals surface area contributed by atoms with Crippen molar-refractivity contribution in [2.24, 2.45) is 5.92 Å². The van der Waals surface area contributed by atoms with Crippen LogP contribution in [0.5, 0.6) is 0 Å². The quantitative estimate of drug-likeness (QED) is 0.313. The Kier molecular flexibility index (Phi) is 3.80. The smallest absolute Gasteiger partial charge is 0.194 e. The zero-order chi connectivity index (χ0) is 22.1. The molecule has 158 valence electrons. The van der Waals surface area contributed by atoms with Gasteiger partial charge in [-0.3, -0.25) is 9.59 Å². The Hall–Kier alpha value is -3.98. The predicted molar refractivity (Wildman–Crippen MR) is 130 cm³/mol. The molecule has 0 amide bonds. The average molecular weight is 428 g/mol. The Morgan fingerprint density at radius 2 is 1.48 bits per heavy atom. The van der Waals surface area contributed by atoms with Gasteiger partial charge in [-0.25, -0.2) is 0 Å². The molecule has 4 aromatic carbocycles. The molecule has 0 aromatic heterocycles. The maximum absolute atomic E-state index is 13.6. The van der Waals surface area contributed by atoms with E-state index in [0.717, 1.165) is 17.7 Å². The molecule has 3 nitrogen and oxygen atoms in total. The lowest BCUT2D eigenvalue weighted by atomic mass is 9.71. The van der Waals surface area contributed by atoms with E-state index >= 15 is 0 Å². The Morgan fingerprint density at radius 1 is 0.727 bits per heavy atom. The van der Waals surface area contributed by atoms with Gasteiger partial charge in [0.2, 0.25) is 0 Å². The van der Waals surface area contributed by atoms with Crippen molar-refractivity contribution in [3.05, 3.63) is 124 Å². The van der Waals surface area contributed by atoms with Crippen LogP contribution in [0.4, 0.5) is 5.69 Å². The highest BCUT2D eigenvalue weighted by molar-refractivity contribution is 6.29. The maximum atomic E-state index is 13.6. The Labute approximate surface area is 191 Å². The lowest BCUT2D eigenvalue weighted by Gasteiger charge is -2.39. The molecule has 1 N–H and O–H groups in total. The highest BCUT2D eigenvalue weighted by Gasteiger charge is 2.43. The van der Waals surface area contributed by atoms with Gasteiger partial charge in [-0.05, 0) is 46.4 Å². The van der Waals surface area contributed by atoms with Gasteiger partial charge < -0.3 is 5.32 Å². The van der Waals surface area contributed by atoms with Crippen LogP contribution in [0.25, 0.3) is 10.8 Å². The molecule has 0 bridgehead atoms. The lowest BCUT2D eigenvalue weighted by molar-refractivity contribution is 0.0978. The summed E-state index contributed by atoms with van der Waals surface area (Å²) in [4.78, 5) is 26.9. The van der Waals surface area contributed by atoms with Crippen LogP contribution >= 0.6 is 0 Å². The molecule has 7 rings (SSSR count). The standard InChI is InChI=1S/C30H21NO2/c32-29-22-10-3-4-11-23(22)30(33)27-24(29)15-16-25-26(27)19-12-6-14-21(19)28(31-25)20-13-5-8-17-7-1-2-9-18(17)20/h1-13,15-16,19,21,28,31H,14H2/t19-,21+,28+/m1/s1. The monoisotopic (exact) mass is 427 g/mol. The number of allylic oxidation sites excluding steroid dienone is 2. The fourth-order valence-electron chi connectivity index (χ4n) is 6.11. The molecule has 3 atom stereocenters. The number of ketones is 2. The minimum atomic E-state index is -0.0577. The zero-order valence-electron chi connectivity index (χ0n) is 17.9. The van der Waals surface area contributed by atoms with Gasteiger partial charge in [-0.1, -0.05) is 78.9 Å². The summed E-state index contributed by atoms with van der Waals surface area (Å²) in [5.74, 6) is 0.288. The van der Waals surface area contributed by atoms with Crippen molar-refractivity contribution in [1.29, 1.82) is 0 Å². The van der Waals surface area contributed by atoms with Gasteiger partial charge >= 0.3 is 0 Å². The number of anilines is 1. The summed E-state index contributed by atoms with van der Waals surface area (Å²) in [6, 6.07) is 26.1. The van der Waals surface area contributed by atoms with E-state index < -0.39 is 0 Å². The van der Waals surface area contributed by atoms with Crippen molar-refractivity contribution >= 4 is 28.0 Å². The largest absolute Gasteiger partial charge is 0.378 e. The van der Waals surface area contributed by atoms with E-state index in [-0.39, 0.29) is 29.4 Å². The summed E-state index contributed by atoms with van der Waals surface area (Å²) in [5.41, 5.74) is 5.35. The average Bonchev–Trinajstić information content (AvgIpc) is 3.36. The summed E-state index contributed by atoms with van der Waals surface area (Å²) < 4.78 is 0. The van der Waals surface area contributed by atoms with Crippen molar-refractivity contribution in [2.45, 2.75) is 18.4 Å². The molecule has 0 spiro atoms. The van der Waals surface area contributed by atoms with Gasteiger partial charge in [0, 0.05) is 33.9 Å². The van der Waals surface area contributed by atoms with Crippen molar-refractivity contribution in [3.8, 4) is 0 Å². The highest BCUT2D eigenvalue weighted by Crippen LogP contribution is 2.53. The lowest BCUT2D eigenvalue weighted by Crippen LogP contribution is -2.32. The van der Waals surface area contributed by atoms with Gasteiger partial charge in [-0.2, -0.15) is 0 Å². The number of hydrogen-bond acceptors (Lipinski definition) is 3. The third-order valence-corrected chi connectivity index (χ3v) is 7.58. The molecule has 0 saturated carbocycles. The first-order valence-corrected chi connectivity index (χ1v) is 11.5. The van der Waals surface area contributed by atoms with E-state index in [0.29, 0.717) is 22.3 Å². The van der Waals surface area contributed by atoms with Crippen molar-refractivity contribution < 1.29 is 9.59 Å². The van der Waals surface area contributed by atoms with Crippen LogP contribution in [-0.2, 0) is 0 Å². The fraction of sp³-hybridized carbons (Fsp3) is 0.133. The maximum Gasteiger partial charge on any atom is 0.194 e. The Bertz CT molecular complexity index is 1520. The van der Waals surface area contributed by atoms with Crippen LogP contribution < -0.4 is 5.32 Å². The first kappa shape index (κ1) is 18.6. The number of benzene rings is 4. The number of fused-ring (bicyclic) bond motifs is 7. The summed E-state index contributed by atoms with van der Waals surface area (Å²) in [5, 5.41) is 6.27. The van der Waals surface area contributed by atoms with E-state index in [9.17, 15) is 9.59 Å². The molecule has 33 heavy (non-hydrogen) atoms. The first-order valence-electron chi connectivity index (χ1n) is 11.5. The molecule has 4 aromatic rings. The summed E-state index contributed by atoms with van der Waals surface area (Å²) in [7, 11) is 0.